The predicted octanol–water partition coefficient (Wildman–Crippen LogP) is 2.68. The molecular formula is C16H19N5O6. The Morgan fingerprint density at radius 3 is 2.56 bits per heavy atom. The third-order valence-electron chi connectivity index (χ3n) is 3.78. The van der Waals surface area contributed by atoms with E-state index in [9.17, 15) is 25.0 Å². The van der Waals surface area contributed by atoms with Crippen molar-refractivity contribution in [1.29, 1.82) is 0 Å². The molecule has 11 heteroatoms. The molecule has 27 heavy (non-hydrogen) atoms. The standard InChI is InChI=1S/C16H19N5O6/c1-4-27-12-5-6-13(14(8-12)20(23)24)17-16(22)10(2)9-19-11(3)7-15(18-19)21(25)26/h5-8,10H,4,9H2,1-3H3,(H,17,22). The van der Waals surface area contributed by atoms with Crippen molar-refractivity contribution in [2.45, 2.75) is 27.3 Å². The second kappa shape index (κ2) is 8.25. The van der Waals surface area contributed by atoms with E-state index in [1.807, 2.05) is 0 Å². The van der Waals surface area contributed by atoms with Crippen LogP contribution in [0.4, 0.5) is 17.2 Å². The van der Waals surface area contributed by atoms with Crippen LogP contribution in [0.3, 0.4) is 0 Å². The molecule has 1 amide bonds. The number of anilines is 1. The SMILES string of the molecule is CCOc1ccc(NC(=O)C(C)Cn2nc([N+](=O)[O-])cc2C)c([N+](=O)[O-])c1. The van der Waals surface area contributed by atoms with Crippen LogP contribution >= 0.6 is 0 Å². The number of aryl methyl sites for hydroxylation is 1. The van der Waals surface area contributed by atoms with E-state index >= 15 is 0 Å². The lowest BCUT2D eigenvalue weighted by Crippen LogP contribution is -2.25. The molecule has 2 rings (SSSR count). The van der Waals surface area contributed by atoms with E-state index < -0.39 is 21.7 Å². The average molecular weight is 377 g/mol. The van der Waals surface area contributed by atoms with Gasteiger partial charge in [0.2, 0.25) is 5.91 Å². The Morgan fingerprint density at radius 2 is 2.00 bits per heavy atom. The van der Waals surface area contributed by atoms with Gasteiger partial charge in [-0.25, -0.2) is 0 Å². The van der Waals surface area contributed by atoms with Crippen LogP contribution in [0.25, 0.3) is 0 Å². The number of rotatable bonds is 8. The number of hydrogen-bond acceptors (Lipinski definition) is 7. The van der Waals surface area contributed by atoms with Gasteiger partial charge in [0.25, 0.3) is 5.69 Å². The van der Waals surface area contributed by atoms with Crippen LogP contribution in [0, 0.1) is 33.1 Å². The van der Waals surface area contributed by atoms with Crippen molar-refractivity contribution in [3.63, 3.8) is 0 Å². The monoisotopic (exact) mass is 377 g/mol. The molecule has 2 aromatic rings. The second-order valence-corrected chi connectivity index (χ2v) is 5.84. The number of ether oxygens (including phenoxy) is 1. The number of hydrogen-bond donors (Lipinski definition) is 1. The summed E-state index contributed by atoms with van der Waals surface area (Å²) in [6, 6.07) is 5.47. The molecule has 1 N–H and O–H groups in total. The summed E-state index contributed by atoms with van der Waals surface area (Å²) in [5.74, 6) is -1.08. The molecule has 0 aliphatic heterocycles. The maximum Gasteiger partial charge on any atom is 0.390 e. The van der Waals surface area contributed by atoms with Crippen LogP contribution in [0.1, 0.15) is 19.5 Å². The maximum absolute atomic E-state index is 12.4. The number of carbonyl (C=O) groups is 1. The van der Waals surface area contributed by atoms with Crippen molar-refractivity contribution in [1.82, 2.24) is 9.78 Å². The summed E-state index contributed by atoms with van der Waals surface area (Å²) in [6.07, 6.45) is 0. The van der Waals surface area contributed by atoms with Gasteiger partial charge in [-0.1, -0.05) is 6.92 Å². The number of nitrogens with one attached hydrogen (secondary N) is 1. The van der Waals surface area contributed by atoms with Gasteiger partial charge in [0.05, 0.1) is 46.9 Å². The summed E-state index contributed by atoms with van der Waals surface area (Å²) in [5, 5.41) is 28.4. The maximum atomic E-state index is 12.4. The van der Waals surface area contributed by atoms with Crippen molar-refractivity contribution in [3.8, 4) is 5.75 Å². The van der Waals surface area contributed by atoms with Crippen LogP contribution in [0.2, 0.25) is 0 Å². The van der Waals surface area contributed by atoms with Crippen LogP contribution in [-0.2, 0) is 11.3 Å². The smallest absolute Gasteiger partial charge is 0.390 e. The molecule has 0 spiro atoms. The zero-order valence-electron chi connectivity index (χ0n) is 15.0. The van der Waals surface area contributed by atoms with E-state index in [1.165, 1.54) is 28.9 Å². The molecule has 0 fully saturated rings. The van der Waals surface area contributed by atoms with Crippen LogP contribution in [0.5, 0.6) is 5.75 Å². The Kier molecular flexibility index (Phi) is 6.06. The summed E-state index contributed by atoms with van der Waals surface area (Å²) in [5.41, 5.74) is 0.296. The molecule has 0 aliphatic rings. The first kappa shape index (κ1) is 19.8. The average Bonchev–Trinajstić information content (AvgIpc) is 2.97. The fourth-order valence-electron chi connectivity index (χ4n) is 2.39. The number of benzene rings is 1. The van der Waals surface area contributed by atoms with Gasteiger partial charge in [-0.3, -0.25) is 14.9 Å². The normalized spacial score (nSPS) is 11.7. The van der Waals surface area contributed by atoms with Crippen molar-refractivity contribution >= 4 is 23.1 Å². The van der Waals surface area contributed by atoms with E-state index in [4.69, 9.17) is 4.74 Å². The van der Waals surface area contributed by atoms with Crippen LogP contribution < -0.4 is 10.1 Å². The Labute approximate surface area is 154 Å². The fourth-order valence-corrected chi connectivity index (χ4v) is 2.39. The highest BCUT2D eigenvalue weighted by Crippen LogP contribution is 2.29. The quantitative estimate of drug-likeness (QED) is 0.550. The van der Waals surface area contributed by atoms with Gasteiger partial charge in [-0.05, 0) is 30.9 Å². The molecule has 1 aromatic heterocycles. The number of nitrogens with zero attached hydrogens (tertiary/aromatic N) is 4. The lowest BCUT2D eigenvalue weighted by atomic mass is 10.1. The topological polar surface area (TPSA) is 142 Å². The van der Waals surface area contributed by atoms with Crippen molar-refractivity contribution in [3.05, 3.63) is 50.2 Å². The zero-order chi connectivity index (χ0) is 20.1. The number of aromatic nitrogens is 2. The second-order valence-electron chi connectivity index (χ2n) is 5.84. The van der Waals surface area contributed by atoms with Crippen molar-refractivity contribution in [2.24, 2.45) is 5.92 Å². The molecule has 1 aromatic carbocycles. The third kappa shape index (κ3) is 4.77. The minimum absolute atomic E-state index is 0.0449. The highest BCUT2D eigenvalue weighted by atomic mass is 16.6. The van der Waals surface area contributed by atoms with Crippen LogP contribution in [0.15, 0.2) is 24.3 Å². The highest BCUT2D eigenvalue weighted by Gasteiger charge is 2.23. The van der Waals surface area contributed by atoms with E-state index in [0.717, 1.165) is 0 Å². The minimum Gasteiger partial charge on any atom is -0.494 e. The number of amides is 1. The van der Waals surface area contributed by atoms with Gasteiger partial charge in [0.15, 0.2) is 0 Å². The number of nitro groups is 2. The van der Waals surface area contributed by atoms with Gasteiger partial charge in [-0.15, -0.1) is 0 Å². The molecular weight excluding hydrogens is 358 g/mol. The van der Waals surface area contributed by atoms with E-state index in [2.05, 4.69) is 10.4 Å². The Morgan fingerprint density at radius 1 is 1.30 bits per heavy atom. The van der Waals surface area contributed by atoms with E-state index in [-0.39, 0.29) is 23.7 Å². The van der Waals surface area contributed by atoms with Gasteiger partial charge >= 0.3 is 5.82 Å². The Balaban J connectivity index is 2.14. The zero-order valence-corrected chi connectivity index (χ0v) is 15.0. The number of nitro benzene ring substituents is 1. The Hall–Kier alpha value is -3.50. The van der Waals surface area contributed by atoms with Gasteiger partial charge in [0, 0.05) is 0 Å². The van der Waals surface area contributed by atoms with E-state index in [1.54, 1.807) is 20.8 Å². The molecule has 144 valence electrons. The fraction of sp³-hybridized carbons (Fsp3) is 0.375. The number of carbonyl (C=O) groups excluding carboxylic acids is 1. The highest BCUT2D eigenvalue weighted by molar-refractivity contribution is 5.94. The third-order valence-corrected chi connectivity index (χ3v) is 3.78. The molecule has 0 radical (unpaired) electrons. The molecule has 0 saturated heterocycles. The van der Waals surface area contributed by atoms with E-state index in [0.29, 0.717) is 18.1 Å². The predicted molar refractivity (Wildman–Crippen MR) is 95.7 cm³/mol. The molecule has 0 saturated carbocycles. The molecule has 1 heterocycles. The molecule has 1 atom stereocenters. The van der Waals surface area contributed by atoms with Crippen molar-refractivity contribution < 1.29 is 19.4 Å². The molecule has 11 nitrogen and oxygen atoms in total. The summed E-state index contributed by atoms with van der Waals surface area (Å²) in [6.45, 7) is 5.45. The first-order valence-electron chi connectivity index (χ1n) is 8.13. The van der Waals surface area contributed by atoms with Crippen molar-refractivity contribution in [2.75, 3.05) is 11.9 Å². The van der Waals surface area contributed by atoms with Gasteiger partial charge in [-0.2, -0.15) is 4.68 Å². The summed E-state index contributed by atoms with van der Waals surface area (Å²) in [7, 11) is 0. The molecule has 0 aliphatic carbocycles. The molecule has 1 unspecified atom stereocenters. The first-order valence-corrected chi connectivity index (χ1v) is 8.13. The largest absolute Gasteiger partial charge is 0.494 e. The summed E-state index contributed by atoms with van der Waals surface area (Å²) < 4.78 is 6.59. The molecule has 0 bridgehead atoms. The van der Waals surface area contributed by atoms with Crippen LogP contribution in [-0.4, -0.2) is 32.1 Å². The van der Waals surface area contributed by atoms with Gasteiger partial charge in [0.1, 0.15) is 11.4 Å². The first-order chi connectivity index (χ1) is 12.7. The minimum atomic E-state index is -0.630. The lowest BCUT2D eigenvalue weighted by Gasteiger charge is -2.12. The summed E-state index contributed by atoms with van der Waals surface area (Å²) >= 11 is 0. The lowest BCUT2D eigenvalue weighted by molar-refractivity contribution is -0.389. The summed E-state index contributed by atoms with van der Waals surface area (Å²) in [4.78, 5) is 33.2. The van der Waals surface area contributed by atoms with Gasteiger partial charge < -0.3 is 20.2 Å². The Bertz CT molecular complexity index is 878.